The van der Waals surface area contributed by atoms with E-state index in [1.807, 2.05) is 14.1 Å². The molecule has 0 aromatic carbocycles. The molecule has 0 aliphatic carbocycles. The second-order valence-corrected chi connectivity index (χ2v) is 17.4. The quantitative estimate of drug-likeness (QED) is 0.0262. The van der Waals surface area contributed by atoms with Crippen molar-refractivity contribution in [3.05, 3.63) is 24.3 Å². The summed E-state index contributed by atoms with van der Waals surface area (Å²) in [5.74, 6) is 0.935. The fourth-order valence-corrected chi connectivity index (χ4v) is 7.61. The minimum atomic E-state index is -0.0957. The van der Waals surface area contributed by atoms with E-state index in [1.54, 1.807) is 0 Å². The van der Waals surface area contributed by atoms with Gasteiger partial charge in [0.25, 0.3) is 0 Å². The number of ether oxygens (including phenoxy) is 3. The fraction of sp³-hybridized carbons (Fsp3) is 0.863. The first-order valence-electron chi connectivity index (χ1n) is 24.7. The van der Waals surface area contributed by atoms with Gasteiger partial charge in [-0.1, -0.05) is 168 Å². The van der Waals surface area contributed by atoms with E-state index in [2.05, 4.69) is 56.9 Å². The van der Waals surface area contributed by atoms with Gasteiger partial charge in [0.2, 0.25) is 0 Å². The average molecular weight is 818 g/mol. The Balaban J connectivity index is 4.39. The number of carbonyl (C=O) groups is 3. The lowest BCUT2D eigenvalue weighted by Crippen LogP contribution is -2.20. The molecule has 7 heteroatoms. The topological polar surface area (TPSA) is 82.1 Å². The number of hydrogen-bond donors (Lipinski definition) is 0. The van der Waals surface area contributed by atoms with Crippen LogP contribution < -0.4 is 0 Å². The molecule has 58 heavy (non-hydrogen) atoms. The van der Waals surface area contributed by atoms with Gasteiger partial charge in [-0.3, -0.25) is 14.4 Å². The summed E-state index contributed by atoms with van der Waals surface area (Å²) in [6.45, 7) is 10.7. The Labute approximate surface area is 359 Å². The molecule has 0 aliphatic heterocycles. The average Bonchev–Trinajstić information content (AvgIpc) is 3.19. The van der Waals surface area contributed by atoms with Crippen molar-refractivity contribution < 1.29 is 28.6 Å². The van der Waals surface area contributed by atoms with Crippen LogP contribution in [-0.4, -0.2) is 62.8 Å². The van der Waals surface area contributed by atoms with E-state index in [0.717, 1.165) is 90.0 Å². The van der Waals surface area contributed by atoms with Crippen LogP contribution in [0.25, 0.3) is 0 Å². The number of hydrogen-bond acceptors (Lipinski definition) is 7. The highest BCUT2D eigenvalue weighted by atomic mass is 16.5. The molecule has 7 nitrogen and oxygen atoms in total. The Morgan fingerprint density at radius 1 is 0.431 bits per heavy atom. The smallest absolute Gasteiger partial charge is 0.306 e. The predicted octanol–water partition coefficient (Wildman–Crippen LogP) is 14.5. The Morgan fingerprint density at radius 2 is 0.776 bits per heavy atom. The first kappa shape index (κ1) is 55.9. The van der Waals surface area contributed by atoms with Gasteiger partial charge in [-0.25, -0.2) is 0 Å². The summed E-state index contributed by atoms with van der Waals surface area (Å²) in [5.41, 5.74) is 0. The lowest BCUT2D eigenvalue weighted by atomic mass is 9.94. The molecule has 0 rings (SSSR count). The highest BCUT2D eigenvalue weighted by Gasteiger charge is 2.15. The van der Waals surface area contributed by atoms with Crippen molar-refractivity contribution in [3.63, 3.8) is 0 Å². The third kappa shape index (κ3) is 39.3. The number of rotatable bonds is 43. The molecule has 0 saturated heterocycles. The maximum atomic E-state index is 12.6. The van der Waals surface area contributed by atoms with Crippen molar-refractivity contribution in [2.24, 2.45) is 11.8 Å². The van der Waals surface area contributed by atoms with Crippen LogP contribution in [0.3, 0.4) is 0 Å². The van der Waals surface area contributed by atoms with Crippen molar-refractivity contribution in [2.75, 3.05) is 33.9 Å². The minimum absolute atomic E-state index is 0.0336. The number of nitrogens with zero attached hydrogens (tertiary/aromatic N) is 1. The third-order valence-electron chi connectivity index (χ3n) is 11.3. The summed E-state index contributed by atoms with van der Waals surface area (Å²) in [6.07, 6.45) is 43.0. The van der Waals surface area contributed by atoms with Crippen LogP contribution in [-0.2, 0) is 28.6 Å². The highest BCUT2D eigenvalue weighted by Crippen LogP contribution is 2.21. The van der Waals surface area contributed by atoms with Gasteiger partial charge in [-0.15, -0.1) is 0 Å². The fourth-order valence-electron chi connectivity index (χ4n) is 7.61. The summed E-state index contributed by atoms with van der Waals surface area (Å²) < 4.78 is 17.0. The molecule has 0 amide bonds. The molecule has 0 radical (unpaired) electrons. The Kier molecular flexibility index (Phi) is 41.4. The molecular weight excluding hydrogens is 723 g/mol. The lowest BCUT2D eigenvalue weighted by Gasteiger charge is -2.18. The zero-order valence-electron chi connectivity index (χ0n) is 39.2. The lowest BCUT2D eigenvalue weighted by molar-refractivity contribution is -0.150. The van der Waals surface area contributed by atoms with E-state index in [0.29, 0.717) is 44.3 Å². The molecule has 0 unspecified atom stereocenters. The van der Waals surface area contributed by atoms with Gasteiger partial charge in [-0.2, -0.15) is 0 Å². The van der Waals surface area contributed by atoms with Gasteiger partial charge in [0.15, 0.2) is 0 Å². The number of carbonyl (C=O) groups excluding carboxylic acids is 3. The summed E-state index contributed by atoms with van der Waals surface area (Å²) in [4.78, 5) is 39.4. The predicted molar refractivity (Wildman–Crippen MR) is 246 cm³/mol. The van der Waals surface area contributed by atoms with Gasteiger partial charge >= 0.3 is 17.9 Å². The van der Waals surface area contributed by atoms with Gasteiger partial charge in [0, 0.05) is 19.3 Å². The van der Waals surface area contributed by atoms with Crippen molar-refractivity contribution in [1.29, 1.82) is 0 Å². The number of esters is 3. The van der Waals surface area contributed by atoms with Crippen molar-refractivity contribution >= 4 is 17.9 Å². The van der Waals surface area contributed by atoms with Gasteiger partial charge in [0.05, 0.1) is 0 Å². The van der Waals surface area contributed by atoms with E-state index >= 15 is 0 Å². The van der Waals surface area contributed by atoms with Crippen molar-refractivity contribution in [1.82, 2.24) is 4.90 Å². The standard InChI is InChI=1S/C51H95NO6/c1-7-11-21-32-46(33-22-12-8-2)36-30-44-56-49(53)40-27-19-15-17-25-38-48(58-51(55)42-29-43-52(5)6)39-26-18-16-20-28-41-50(54)57-45-31-37-47(34-23-13-9-3)35-24-14-10-4/h30-31,36-37,46-48H,7-29,32-35,38-45H2,1-6H3/b36-30-,37-31-. The van der Waals surface area contributed by atoms with Crippen molar-refractivity contribution in [3.8, 4) is 0 Å². The van der Waals surface area contributed by atoms with E-state index in [4.69, 9.17) is 14.2 Å². The van der Waals surface area contributed by atoms with Crippen LogP contribution in [0.15, 0.2) is 24.3 Å². The van der Waals surface area contributed by atoms with Crippen molar-refractivity contribution in [2.45, 2.75) is 239 Å². The maximum Gasteiger partial charge on any atom is 0.306 e. The molecule has 0 aromatic heterocycles. The first-order chi connectivity index (χ1) is 28.2. The van der Waals surface area contributed by atoms with Crippen LogP contribution in [0.4, 0.5) is 0 Å². The first-order valence-corrected chi connectivity index (χ1v) is 24.7. The van der Waals surface area contributed by atoms with Crippen LogP contribution in [0, 0.1) is 11.8 Å². The number of unbranched alkanes of at least 4 members (excludes halogenated alkanes) is 16. The van der Waals surface area contributed by atoms with E-state index in [9.17, 15) is 14.4 Å². The zero-order valence-corrected chi connectivity index (χ0v) is 39.2. The Morgan fingerprint density at radius 3 is 1.16 bits per heavy atom. The second kappa shape index (κ2) is 43.0. The summed E-state index contributed by atoms with van der Waals surface area (Å²) in [5, 5.41) is 0. The normalized spacial score (nSPS) is 12.0. The SMILES string of the molecule is CCCCCC(/C=C\COC(=O)CCCCCCCC(CCCCCCCC(=O)OC/C=C\C(CCCCC)CCCCC)OC(=O)CCCN(C)C)CCCCC. The maximum absolute atomic E-state index is 12.6. The van der Waals surface area contributed by atoms with Gasteiger partial charge in [-0.05, 0) is 103 Å². The van der Waals surface area contributed by atoms with Crippen LogP contribution in [0.5, 0.6) is 0 Å². The molecule has 0 fully saturated rings. The summed E-state index contributed by atoms with van der Waals surface area (Å²) >= 11 is 0. The highest BCUT2D eigenvalue weighted by molar-refractivity contribution is 5.70. The van der Waals surface area contributed by atoms with Crippen LogP contribution in [0.1, 0.15) is 233 Å². The molecule has 0 saturated carbocycles. The van der Waals surface area contributed by atoms with E-state index in [1.165, 1.54) is 103 Å². The molecule has 0 spiro atoms. The monoisotopic (exact) mass is 818 g/mol. The number of allylic oxidation sites excluding steroid dienone is 2. The molecule has 0 atom stereocenters. The molecule has 0 N–H and O–H groups in total. The van der Waals surface area contributed by atoms with Crippen LogP contribution >= 0.6 is 0 Å². The molecule has 0 heterocycles. The Hall–Kier alpha value is -2.15. The zero-order chi connectivity index (χ0) is 42.7. The molecule has 0 bridgehead atoms. The van der Waals surface area contributed by atoms with Gasteiger partial charge in [0.1, 0.15) is 19.3 Å². The minimum Gasteiger partial charge on any atom is -0.462 e. The summed E-state index contributed by atoms with van der Waals surface area (Å²) in [6, 6.07) is 0. The largest absolute Gasteiger partial charge is 0.462 e. The van der Waals surface area contributed by atoms with Crippen LogP contribution in [0.2, 0.25) is 0 Å². The molecule has 0 aromatic rings. The Bertz CT molecular complexity index is 909. The second-order valence-electron chi connectivity index (χ2n) is 17.4. The molecule has 340 valence electrons. The molecule has 0 aliphatic rings. The molecular formula is C51H95NO6. The van der Waals surface area contributed by atoms with E-state index < -0.39 is 0 Å². The van der Waals surface area contributed by atoms with Gasteiger partial charge < -0.3 is 19.1 Å². The summed E-state index contributed by atoms with van der Waals surface area (Å²) in [7, 11) is 4.05. The third-order valence-corrected chi connectivity index (χ3v) is 11.3. The van der Waals surface area contributed by atoms with E-state index in [-0.39, 0.29) is 24.0 Å².